The van der Waals surface area contributed by atoms with Gasteiger partial charge in [0.25, 0.3) is 5.91 Å². The van der Waals surface area contributed by atoms with Crippen LogP contribution < -0.4 is 5.73 Å². The summed E-state index contributed by atoms with van der Waals surface area (Å²) in [6.45, 7) is 1.25. The van der Waals surface area contributed by atoms with E-state index < -0.39 is 81.1 Å². The van der Waals surface area contributed by atoms with E-state index in [4.69, 9.17) is 5.73 Å². The number of aliphatic hydroxyl groups is 5. The molecule has 11 heteroatoms. The Kier molecular flexibility index (Phi) is 4.78. The van der Waals surface area contributed by atoms with Crippen LogP contribution in [0.25, 0.3) is 5.76 Å². The Morgan fingerprint density at radius 3 is 2.27 bits per heavy atom. The first-order valence-corrected chi connectivity index (χ1v) is 10.1. The van der Waals surface area contributed by atoms with E-state index in [2.05, 4.69) is 0 Å². The number of fused-ring (bicyclic) bond motifs is 3. The summed E-state index contributed by atoms with van der Waals surface area (Å²) in [6.07, 6.45) is -1.87. The van der Waals surface area contributed by atoms with Crippen molar-refractivity contribution >= 4 is 23.2 Å². The van der Waals surface area contributed by atoms with Gasteiger partial charge in [-0.05, 0) is 32.6 Å². The van der Waals surface area contributed by atoms with Gasteiger partial charge in [0.2, 0.25) is 5.78 Å². The van der Waals surface area contributed by atoms with Crippen molar-refractivity contribution in [2.24, 2.45) is 17.6 Å². The number of aromatic hydroxyl groups is 1. The molecule has 1 aromatic carbocycles. The van der Waals surface area contributed by atoms with Crippen LogP contribution in [-0.2, 0) is 20.0 Å². The smallest absolute Gasteiger partial charge is 0.255 e. The first-order chi connectivity index (χ1) is 15.2. The maximum absolute atomic E-state index is 13.7. The number of carbonyl (C=O) groups is 3. The number of Topliss-reactive ketones (excluding diaryl/α,β-unsaturated/α-hetero) is 2. The molecule has 0 bridgehead atoms. The van der Waals surface area contributed by atoms with Gasteiger partial charge in [-0.3, -0.25) is 19.3 Å². The lowest BCUT2D eigenvalue weighted by atomic mass is 9.53. The standard InChI is InChI=1S/C22H24N2O9/c1-21(32)7-5-4-6-8(25)9(7)15(26)10-12(21)17(28)13-14(24(2)3)16(27)11(20(23)31)19(30)22(13,33)18(10)29/h4-6,12-14,17,25-26,28,30,32-33H,1-3H3,(H2,23,31)/t12?,13?,14?,17?,21-,22?/m0/s1. The Morgan fingerprint density at radius 1 is 1.12 bits per heavy atom. The number of phenols is 1. The van der Waals surface area contributed by atoms with E-state index in [1.807, 2.05) is 0 Å². The van der Waals surface area contributed by atoms with Gasteiger partial charge in [-0.2, -0.15) is 0 Å². The van der Waals surface area contributed by atoms with Crippen LogP contribution in [0.5, 0.6) is 5.75 Å². The number of nitrogens with zero attached hydrogens (tertiary/aromatic N) is 1. The number of carbonyl (C=O) groups excluding carboxylic acids is 3. The molecule has 0 spiro atoms. The second kappa shape index (κ2) is 6.87. The molecule has 8 N–H and O–H groups in total. The van der Waals surface area contributed by atoms with Crippen molar-refractivity contribution in [2.75, 3.05) is 14.1 Å². The number of amides is 1. The summed E-state index contributed by atoms with van der Waals surface area (Å²) in [6, 6.07) is 2.50. The van der Waals surface area contributed by atoms with Crippen molar-refractivity contribution in [3.63, 3.8) is 0 Å². The number of ketones is 2. The molecule has 0 aromatic heterocycles. The summed E-state index contributed by atoms with van der Waals surface area (Å²) in [5.41, 5.74) is -1.78. The van der Waals surface area contributed by atoms with Crippen molar-refractivity contribution < 1.29 is 45.0 Å². The summed E-state index contributed by atoms with van der Waals surface area (Å²) >= 11 is 0. The molecule has 1 aromatic rings. The fourth-order valence-corrected chi connectivity index (χ4v) is 5.60. The predicted octanol–water partition coefficient (Wildman–Crippen LogP) is -1.40. The van der Waals surface area contributed by atoms with Crippen molar-refractivity contribution in [2.45, 2.75) is 30.3 Å². The first-order valence-electron chi connectivity index (χ1n) is 10.1. The van der Waals surface area contributed by atoms with E-state index >= 15 is 0 Å². The zero-order valence-electron chi connectivity index (χ0n) is 18.0. The lowest BCUT2D eigenvalue weighted by molar-refractivity contribution is -0.181. The molecule has 4 rings (SSSR count). The largest absolute Gasteiger partial charge is 0.508 e. The molecule has 0 saturated heterocycles. The van der Waals surface area contributed by atoms with Gasteiger partial charge >= 0.3 is 0 Å². The fraction of sp³-hybridized carbons (Fsp3) is 0.409. The van der Waals surface area contributed by atoms with Gasteiger partial charge in [-0.1, -0.05) is 12.1 Å². The van der Waals surface area contributed by atoms with Crippen LogP contribution in [0.15, 0.2) is 35.1 Å². The molecule has 6 atom stereocenters. The topological polar surface area (TPSA) is 202 Å². The summed E-state index contributed by atoms with van der Waals surface area (Å²) < 4.78 is 0. The van der Waals surface area contributed by atoms with Gasteiger partial charge in [0.1, 0.15) is 22.8 Å². The van der Waals surface area contributed by atoms with E-state index in [0.717, 1.165) is 0 Å². The van der Waals surface area contributed by atoms with Crippen LogP contribution in [0.4, 0.5) is 0 Å². The Labute approximate surface area is 187 Å². The molecule has 5 unspecified atom stereocenters. The van der Waals surface area contributed by atoms with E-state index in [-0.39, 0.29) is 11.1 Å². The number of hydrogen-bond donors (Lipinski definition) is 7. The minimum absolute atomic E-state index is 0.00664. The monoisotopic (exact) mass is 460 g/mol. The van der Waals surface area contributed by atoms with E-state index in [9.17, 15) is 45.0 Å². The van der Waals surface area contributed by atoms with Crippen molar-refractivity contribution in [3.05, 3.63) is 46.2 Å². The van der Waals surface area contributed by atoms with Gasteiger partial charge in [-0.25, -0.2) is 0 Å². The third-order valence-electron chi connectivity index (χ3n) is 7.03. The number of phenolic OH excluding ortho intramolecular Hbond substituents is 1. The van der Waals surface area contributed by atoms with Crippen LogP contribution in [0.1, 0.15) is 18.1 Å². The predicted molar refractivity (Wildman–Crippen MR) is 112 cm³/mol. The molecular formula is C22H24N2O9. The number of nitrogens with two attached hydrogens (primary N) is 1. The number of hydrogen-bond acceptors (Lipinski definition) is 10. The molecule has 1 saturated carbocycles. The van der Waals surface area contributed by atoms with Crippen LogP contribution in [0.2, 0.25) is 0 Å². The summed E-state index contributed by atoms with van der Waals surface area (Å²) in [4.78, 5) is 39.9. The molecule has 1 fully saturated rings. The Bertz CT molecular complexity index is 1180. The van der Waals surface area contributed by atoms with Crippen LogP contribution >= 0.6 is 0 Å². The molecule has 0 radical (unpaired) electrons. The lowest BCUT2D eigenvalue weighted by Gasteiger charge is -2.55. The summed E-state index contributed by atoms with van der Waals surface area (Å²) in [5, 5.41) is 66.3. The third-order valence-corrected chi connectivity index (χ3v) is 7.03. The summed E-state index contributed by atoms with van der Waals surface area (Å²) in [5.74, 6) is -9.67. The Hall–Kier alpha value is -3.25. The average Bonchev–Trinajstić information content (AvgIpc) is 2.70. The molecule has 0 heterocycles. The molecule has 33 heavy (non-hydrogen) atoms. The number of rotatable bonds is 2. The maximum atomic E-state index is 13.7. The molecule has 176 valence electrons. The van der Waals surface area contributed by atoms with E-state index in [0.29, 0.717) is 0 Å². The van der Waals surface area contributed by atoms with Gasteiger partial charge in [0, 0.05) is 0 Å². The average molecular weight is 460 g/mol. The van der Waals surface area contributed by atoms with Gasteiger partial charge in [0.05, 0.1) is 40.7 Å². The minimum Gasteiger partial charge on any atom is -0.508 e. The second-order valence-electron chi connectivity index (χ2n) is 9.06. The molecule has 11 nitrogen and oxygen atoms in total. The highest BCUT2D eigenvalue weighted by Gasteiger charge is 2.70. The first kappa shape index (κ1) is 22.9. The van der Waals surface area contributed by atoms with Crippen LogP contribution in [0, 0.1) is 11.8 Å². The van der Waals surface area contributed by atoms with Crippen molar-refractivity contribution in [1.82, 2.24) is 4.90 Å². The number of benzene rings is 1. The highest BCUT2D eigenvalue weighted by Crippen LogP contribution is 2.57. The van der Waals surface area contributed by atoms with Gasteiger partial charge in [0.15, 0.2) is 11.4 Å². The number of likely N-dealkylation sites (N-methyl/N-ethyl adjacent to an activating group) is 1. The quantitative estimate of drug-likeness (QED) is 0.257. The minimum atomic E-state index is -3.02. The van der Waals surface area contributed by atoms with Crippen molar-refractivity contribution in [1.29, 1.82) is 0 Å². The number of primary amides is 1. The molecular weight excluding hydrogens is 436 g/mol. The zero-order valence-corrected chi connectivity index (χ0v) is 18.0. The highest BCUT2D eigenvalue weighted by molar-refractivity contribution is 6.24. The van der Waals surface area contributed by atoms with E-state index in [1.54, 1.807) is 0 Å². The molecule has 3 aliphatic rings. The highest BCUT2D eigenvalue weighted by atomic mass is 16.4. The third kappa shape index (κ3) is 2.61. The van der Waals surface area contributed by atoms with E-state index in [1.165, 1.54) is 44.1 Å². The normalized spacial score (nSPS) is 36.0. The van der Waals surface area contributed by atoms with Crippen LogP contribution in [-0.4, -0.2) is 84.9 Å². The molecule has 1 amide bonds. The zero-order chi connectivity index (χ0) is 24.8. The second-order valence-corrected chi connectivity index (χ2v) is 9.06. The molecule has 0 aliphatic heterocycles. The fourth-order valence-electron chi connectivity index (χ4n) is 5.60. The SMILES string of the molecule is CN(C)C1C(=O)C(C(N)=O)=C(O)C2(O)C(=O)C3=C(O)c4c(O)cccc4[C@](C)(O)C3C(O)C12. The number of aliphatic hydroxyl groups excluding tert-OH is 3. The lowest BCUT2D eigenvalue weighted by Crippen LogP contribution is -2.71. The van der Waals surface area contributed by atoms with Gasteiger partial charge in [-0.15, -0.1) is 0 Å². The Morgan fingerprint density at radius 2 is 1.73 bits per heavy atom. The van der Waals surface area contributed by atoms with Gasteiger partial charge < -0.3 is 36.4 Å². The van der Waals surface area contributed by atoms with Crippen LogP contribution in [0.3, 0.4) is 0 Å². The van der Waals surface area contributed by atoms with Crippen molar-refractivity contribution in [3.8, 4) is 5.75 Å². The maximum Gasteiger partial charge on any atom is 0.255 e. The Balaban J connectivity index is 2.11. The molecule has 3 aliphatic carbocycles. The summed E-state index contributed by atoms with van der Waals surface area (Å²) in [7, 11) is 2.80.